The summed E-state index contributed by atoms with van der Waals surface area (Å²) in [6.45, 7) is 0.404. The summed E-state index contributed by atoms with van der Waals surface area (Å²) in [6.07, 6.45) is 4.01. The van der Waals surface area contributed by atoms with E-state index in [1.165, 1.54) is 6.39 Å². The smallest absolute Gasteiger partial charge is 0.229 e. The number of nitrogens with one attached hydrogen (secondary N) is 2. The summed E-state index contributed by atoms with van der Waals surface area (Å²) in [7, 11) is 0. The lowest BCUT2D eigenvalue weighted by atomic mass is 9.98. The first-order valence-corrected chi connectivity index (χ1v) is 6.79. The summed E-state index contributed by atoms with van der Waals surface area (Å²) in [5.74, 6) is 0.456. The molecule has 2 amide bonds. The van der Waals surface area contributed by atoms with E-state index in [4.69, 9.17) is 4.42 Å². The molecule has 1 atom stereocenters. The average Bonchev–Trinajstić information content (AvgIpc) is 3.03. The number of amides is 2. The number of hydrogen-bond acceptors (Lipinski definition) is 4. The van der Waals surface area contributed by atoms with Crippen LogP contribution in [0.15, 0.2) is 41.3 Å². The van der Waals surface area contributed by atoms with Gasteiger partial charge in [0.2, 0.25) is 11.8 Å². The zero-order valence-electron chi connectivity index (χ0n) is 11.3. The molecule has 1 saturated heterocycles. The van der Waals surface area contributed by atoms with E-state index in [-0.39, 0.29) is 17.7 Å². The van der Waals surface area contributed by atoms with Gasteiger partial charge in [-0.3, -0.25) is 9.59 Å². The van der Waals surface area contributed by atoms with Crippen LogP contribution in [0.3, 0.4) is 0 Å². The molecule has 0 spiro atoms. The fraction of sp³-hybridized carbons (Fsp3) is 0.267. The Bertz CT molecular complexity index is 625. The molecule has 2 N–H and O–H groups in total. The second-order valence-corrected chi connectivity index (χ2v) is 4.97. The van der Waals surface area contributed by atoms with E-state index in [1.54, 1.807) is 6.20 Å². The van der Waals surface area contributed by atoms with Gasteiger partial charge in [0, 0.05) is 24.2 Å². The van der Waals surface area contributed by atoms with E-state index in [0.29, 0.717) is 25.1 Å². The topological polar surface area (TPSA) is 84.2 Å². The zero-order valence-corrected chi connectivity index (χ0v) is 11.3. The summed E-state index contributed by atoms with van der Waals surface area (Å²) in [5, 5.41) is 5.57. The molecule has 3 rings (SSSR count). The Kier molecular flexibility index (Phi) is 3.68. The molecule has 6 nitrogen and oxygen atoms in total. The molecule has 0 saturated carbocycles. The van der Waals surface area contributed by atoms with Gasteiger partial charge in [0.15, 0.2) is 12.2 Å². The van der Waals surface area contributed by atoms with Crippen molar-refractivity contribution in [1.29, 1.82) is 0 Å². The van der Waals surface area contributed by atoms with E-state index in [2.05, 4.69) is 15.6 Å². The minimum atomic E-state index is -0.170. The summed E-state index contributed by atoms with van der Waals surface area (Å²) in [4.78, 5) is 27.0. The highest BCUT2D eigenvalue weighted by molar-refractivity contribution is 5.94. The Labute approximate surface area is 121 Å². The predicted molar refractivity (Wildman–Crippen MR) is 76.3 cm³/mol. The van der Waals surface area contributed by atoms with Gasteiger partial charge in [-0.1, -0.05) is 0 Å². The van der Waals surface area contributed by atoms with Crippen molar-refractivity contribution in [3.8, 4) is 11.3 Å². The molecule has 1 unspecified atom stereocenters. The molecule has 1 aliphatic heterocycles. The van der Waals surface area contributed by atoms with Crippen LogP contribution in [0.1, 0.15) is 12.8 Å². The number of benzene rings is 1. The number of carbonyl (C=O) groups is 2. The van der Waals surface area contributed by atoms with Gasteiger partial charge in [-0.15, -0.1) is 0 Å². The highest BCUT2D eigenvalue weighted by atomic mass is 16.3. The molecule has 21 heavy (non-hydrogen) atoms. The van der Waals surface area contributed by atoms with Gasteiger partial charge in [0.05, 0.1) is 12.1 Å². The molecule has 1 aliphatic rings. The minimum Gasteiger partial charge on any atom is -0.444 e. The predicted octanol–water partition coefficient (Wildman–Crippen LogP) is 1.81. The Hall–Kier alpha value is -2.63. The third-order valence-corrected chi connectivity index (χ3v) is 3.51. The lowest BCUT2D eigenvalue weighted by Gasteiger charge is -2.21. The fourth-order valence-electron chi connectivity index (χ4n) is 2.28. The van der Waals surface area contributed by atoms with Crippen molar-refractivity contribution in [2.45, 2.75) is 12.8 Å². The van der Waals surface area contributed by atoms with E-state index in [0.717, 1.165) is 11.3 Å². The SMILES string of the molecule is O=C1CCC(C(=O)Nc2ccc(-c3cnco3)cc2)CN1. The molecule has 108 valence electrons. The van der Waals surface area contributed by atoms with Crippen molar-refractivity contribution in [2.24, 2.45) is 5.92 Å². The van der Waals surface area contributed by atoms with Crippen molar-refractivity contribution in [3.63, 3.8) is 0 Å². The first-order chi connectivity index (χ1) is 10.2. The molecular formula is C15H15N3O3. The van der Waals surface area contributed by atoms with Crippen LogP contribution in [0.25, 0.3) is 11.3 Å². The standard InChI is InChI=1S/C15H15N3O3/c19-14-6-3-11(7-17-14)15(20)18-12-4-1-10(2-5-12)13-8-16-9-21-13/h1-2,4-5,8-9,11H,3,6-7H2,(H,17,19)(H,18,20). The molecule has 1 aromatic heterocycles. The largest absolute Gasteiger partial charge is 0.444 e. The number of aromatic nitrogens is 1. The molecular weight excluding hydrogens is 270 g/mol. The van der Waals surface area contributed by atoms with E-state index in [1.807, 2.05) is 24.3 Å². The first-order valence-electron chi connectivity index (χ1n) is 6.79. The van der Waals surface area contributed by atoms with Crippen LogP contribution in [-0.2, 0) is 9.59 Å². The fourth-order valence-corrected chi connectivity index (χ4v) is 2.28. The van der Waals surface area contributed by atoms with E-state index in [9.17, 15) is 9.59 Å². The third-order valence-electron chi connectivity index (χ3n) is 3.51. The summed E-state index contributed by atoms with van der Waals surface area (Å²) in [6, 6.07) is 7.35. The monoisotopic (exact) mass is 285 g/mol. The lowest BCUT2D eigenvalue weighted by molar-refractivity contribution is -0.126. The third kappa shape index (κ3) is 3.10. The van der Waals surface area contributed by atoms with E-state index >= 15 is 0 Å². The van der Waals surface area contributed by atoms with Gasteiger partial charge in [0.25, 0.3) is 0 Å². The number of nitrogens with zero attached hydrogens (tertiary/aromatic N) is 1. The van der Waals surface area contributed by atoms with Crippen LogP contribution in [0, 0.1) is 5.92 Å². The number of carbonyl (C=O) groups excluding carboxylic acids is 2. The summed E-state index contributed by atoms with van der Waals surface area (Å²) in [5.41, 5.74) is 1.62. The van der Waals surface area contributed by atoms with Crippen molar-refractivity contribution in [2.75, 3.05) is 11.9 Å². The number of piperidine rings is 1. The maximum Gasteiger partial charge on any atom is 0.229 e. The van der Waals surface area contributed by atoms with E-state index < -0.39 is 0 Å². The Morgan fingerprint density at radius 2 is 2.14 bits per heavy atom. The van der Waals surface area contributed by atoms with Crippen LogP contribution < -0.4 is 10.6 Å². The van der Waals surface area contributed by atoms with Gasteiger partial charge >= 0.3 is 0 Å². The molecule has 0 radical (unpaired) electrons. The highest BCUT2D eigenvalue weighted by Crippen LogP contribution is 2.21. The zero-order chi connectivity index (χ0) is 14.7. The van der Waals surface area contributed by atoms with Crippen molar-refractivity contribution in [1.82, 2.24) is 10.3 Å². The molecule has 2 heterocycles. The van der Waals surface area contributed by atoms with Crippen molar-refractivity contribution in [3.05, 3.63) is 36.9 Å². The van der Waals surface area contributed by atoms with Crippen LogP contribution in [0.4, 0.5) is 5.69 Å². The van der Waals surface area contributed by atoms with Crippen LogP contribution in [-0.4, -0.2) is 23.3 Å². The van der Waals surface area contributed by atoms with Crippen molar-refractivity contribution >= 4 is 17.5 Å². The van der Waals surface area contributed by atoms with Crippen molar-refractivity contribution < 1.29 is 14.0 Å². The molecule has 6 heteroatoms. The summed E-state index contributed by atoms with van der Waals surface area (Å²) < 4.78 is 5.21. The summed E-state index contributed by atoms with van der Waals surface area (Å²) >= 11 is 0. The number of rotatable bonds is 3. The van der Waals surface area contributed by atoms with Crippen LogP contribution in [0.5, 0.6) is 0 Å². The second-order valence-electron chi connectivity index (χ2n) is 4.97. The van der Waals surface area contributed by atoms with Crippen LogP contribution in [0.2, 0.25) is 0 Å². The lowest BCUT2D eigenvalue weighted by Crippen LogP contribution is -2.40. The average molecular weight is 285 g/mol. The number of oxazole rings is 1. The molecule has 1 fully saturated rings. The Balaban J connectivity index is 1.62. The first kappa shape index (κ1) is 13.4. The quantitative estimate of drug-likeness (QED) is 0.900. The molecule has 0 bridgehead atoms. The van der Waals surface area contributed by atoms with Gasteiger partial charge in [-0.2, -0.15) is 0 Å². The van der Waals surface area contributed by atoms with Gasteiger partial charge < -0.3 is 15.1 Å². The Morgan fingerprint density at radius 3 is 2.76 bits per heavy atom. The molecule has 0 aliphatic carbocycles. The number of hydrogen-bond donors (Lipinski definition) is 2. The number of anilines is 1. The maximum absolute atomic E-state index is 12.1. The molecule has 2 aromatic rings. The van der Waals surface area contributed by atoms with Gasteiger partial charge in [0.1, 0.15) is 0 Å². The minimum absolute atomic E-state index is 0.00969. The highest BCUT2D eigenvalue weighted by Gasteiger charge is 2.24. The van der Waals surface area contributed by atoms with Crippen LogP contribution >= 0.6 is 0 Å². The van der Waals surface area contributed by atoms with Gasteiger partial charge in [-0.25, -0.2) is 4.98 Å². The normalized spacial score (nSPS) is 18.1. The molecule has 1 aromatic carbocycles. The Morgan fingerprint density at radius 1 is 1.33 bits per heavy atom. The maximum atomic E-state index is 12.1. The second kappa shape index (κ2) is 5.78. The van der Waals surface area contributed by atoms with Gasteiger partial charge in [-0.05, 0) is 30.7 Å².